The molecule has 1 fully saturated rings. The molecule has 122 valence electrons. The van der Waals surface area contributed by atoms with Crippen LogP contribution in [-0.2, 0) is 4.79 Å². The normalized spacial score (nSPS) is 23.6. The second kappa shape index (κ2) is 8.90. The van der Waals surface area contributed by atoms with Crippen molar-refractivity contribution < 1.29 is 14.7 Å². The molecule has 0 radical (unpaired) electrons. The van der Waals surface area contributed by atoms with Crippen LogP contribution in [0.4, 0.5) is 4.79 Å². The van der Waals surface area contributed by atoms with Crippen LogP contribution in [-0.4, -0.2) is 30.2 Å². The molecule has 5 nitrogen and oxygen atoms in total. The zero-order chi connectivity index (χ0) is 15.8. The lowest BCUT2D eigenvalue weighted by atomic mass is 9.81. The van der Waals surface area contributed by atoms with E-state index in [9.17, 15) is 9.59 Å². The lowest BCUT2D eigenvalue weighted by molar-refractivity contribution is -0.142. The third-order valence-electron chi connectivity index (χ3n) is 4.58. The van der Waals surface area contributed by atoms with E-state index in [2.05, 4.69) is 17.6 Å². The van der Waals surface area contributed by atoms with Crippen LogP contribution in [0.15, 0.2) is 0 Å². The number of urea groups is 1. The van der Waals surface area contributed by atoms with Crippen molar-refractivity contribution >= 4 is 12.0 Å². The van der Waals surface area contributed by atoms with Gasteiger partial charge in [0.2, 0.25) is 0 Å². The average molecular weight is 298 g/mol. The number of amides is 2. The van der Waals surface area contributed by atoms with Gasteiger partial charge in [0, 0.05) is 13.1 Å². The molecule has 0 heterocycles. The first kappa shape index (κ1) is 17.8. The summed E-state index contributed by atoms with van der Waals surface area (Å²) in [5.74, 6) is 0.190. The quantitative estimate of drug-likeness (QED) is 0.676. The standard InChI is InChI=1S/C16H30N2O3/c1-11(2)14(15(19)20)10-18-16(21)17-9-8-13-6-4-12(3)5-7-13/h11-14H,4-10H2,1-3H3,(H,19,20)(H2,17,18,21). The Hall–Kier alpha value is -1.26. The van der Waals surface area contributed by atoms with E-state index in [0.29, 0.717) is 6.54 Å². The highest BCUT2D eigenvalue weighted by Gasteiger charge is 2.22. The molecule has 1 rings (SSSR count). The van der Waals surface area contributed by atoms with Crippen molar-refractivity contribution in [3.8, 4) is 0 Å². The van der Waals surface area contributed by atoms with Crippen molar-refractivity contribution in [3.63, 3.8) is 0 Å². The van der Waals surface area contributed by atoms with Crippen LogP contribution in [0.2, 0.25) is 0 Å². The van der Waals surface area contributed by atoms with Crippen LogP contribution < -0.4 is 10.6 Å². The minimum Gasteiger partial charge on any atom is -0.481 e. The minimum atomic E-state index is -0.860. The van der Waals surface area contributed by atoms with Crippen LogP contribution in [0.25, 0.3) is 0 Å². The van der Waals surface area contributed by atoms with Gasteiger partial charge in [-0.3, -0.25) is 4.79 Å². The number of carbonyl (C=O) groups is 2. The zero-order valence-electron chi connectivity index (χ0n) is 13.5. The number of carboxylic acid groups (broad SMARTS) is 1. The van der Waals surface area contributed by atoms with Gasteiger partial charge in [0.15, 0.2) is 0 Å². The van der Waals surface area contributed by atoms with E-state index in [1.807, 2.05) is 13.8 Å². The van der Waals surface area contributed by atoms with E-state index in [0.717, 1.165) is 18.3 Å². The summed E-state index contributed by atoms with van der Waals surface area (Å²) >= 11 is 0. The van der Waals surface area contributed by atoms with E-state index >= 15 is 0 Å². The Morgan fingerprint density at radius 2 is 1.76 bits per heavy atom. The predicted molar refractivity (Wildman–Crippen MR) is 83.1 cm³/mol. The third kappa shape index (κ3) is 6.82. The number of hydrogen-bond donors (Lipinski definition) is 3. The average Bonchev–Trinajstić information content (AvgIpc) is 2.40. The maximum Gasteiger partial charge on any atom is 0.314 e. The van der Waals surface area contributed by atoms with Crippen LogP contribution in [0.1, 0.15) is 52.9 Å². The summed E-state index contributed by atoms with van der Waals surface area (Å²) in [6, 6.07) is -0.258. The van der Waals surface area contributed by atoms with E-state index in [1.165, 1.54) is 25.7 Å². The predicted octanol–water partition coefficient (Wildman–Crippen LogP) is 2.86. The molecular formula is C16H30N2O3. The second-order valence-corrected chi connectivity index (χ2v) is 6.74. The molecule has 3 N–H and O–H groups in total. The number of carbonyl (C=O) groups excluding carboxylic acids is 1. The molecule has 1 aliphatic rings. The highest BCUT2D eigenvalue weighted by molar-refractivity contribution is 5.75. The topological polar surface area (TPSA) is 78.4 Å². The van der Waals surface area contributed by atoms with Crippen molar-refractivity contribution in [2.45, 2.75) is 52.9 Å². The van der Waals surface area contributed by atoms with E-state index < -0.39 is 11.9 Å². The van der Waals surface area contributed by atoms with Gasteiger partial charge in [-0.2, -0.15) is 0 Å². The Morgan fingerprint density at radius 3 is 2.29 bits per heavy atom. The maximum atomic E-state index is 11.7. The molecule has 0 aromatic heterocycles. The fourth-order valence-corrected chi connectivity index (χ4v) is 2.88. The monoisotopic (exact) mass is 298 g/mol. The van der Waals surface area contributed by atoms with Crippen molar-refractivity contribution in [3.05, 3.63) is 0 Å². The van der Waals surface area contributed by atoms with Crippen molar-refractivity contribution in [1.82, 2.24) is 10.6 Å². The van der Waals surface area contributed by atoms with Crippen molar-refractivity contribution in [1.29, 1.82) is 0 Å². The van der Waals surface area contributed by atoms with Crippen LogP contribution >= 0.6 is 0 Å². The van der Waals surface area contributed by atoms with E-state index in [4.69, 9.17) is 5.11 Å². The van der Waals surface area contributed by atoms with E-state index in [1.54, 1.807) is 0 Å². The molecule has 0 aromatic carbocycles. The number of nitrogens with one attached hydrogen (secondary N) is 2. The Labute approximate surface area is 127 Å². The van der Waals surface area contributed by atoms with Crippen LogP contribution in [0.3, 0.4) is 0 Å². The molecule has 21 heavy (non-hydrogen) atoms. The molecule has 1 saturated carbocycles. The lowest BCUT2D eigenvalue weighted by Gasteiger charge is -2.26. The van der Waals surface area contributed by atoms with Gasteiger partial charge >= 0.3 is 12.0 Å². The first-order chi connectivity index (χ1) is 9.90. The molecule has 1 unspecified atom stereocenters. The Kier molecular flexibility index (Phi) is 7.54. The number of hydrogen-bond acceptors (Lipinski definition) is 2. The van der Waals surface area contributed by atoms with Gasteiger partial charge in [-0.15, -0.1) is 0 Å². The molecule has 1 aliphatic carbocycles. The molecule has 0 spiro atoms. The smallest absolute Gasteiger partial charge is 0.314 e. The Morgan fingerprint density at radius 1 is 1.14 bits per heavy atom. The highest BCUT2D eigenvalue weighted by atomic mass is 16.4. The van der Waals surface area contributed by atoms with Gasteiger partial charge in [-0.1, -0.05) is 46.5 Å². The summed E-state index contributed by atoms with van der Waals surface area (Å²) in [5, 5.41) is 14.5. The highest BCUT2D eigenvalue weighted by Crippen LogP contribution is 2.29. The van der Waals surface area contributed by atoms with Gasteiger partial charge in [-0.25, -0.2) is 4.79 Å². The largest absolute Gasteiger partial charge is 0.481 e. The summed E-state index contributed by atoms with van der Waals surface area (Å²) in [5.41, 5.74) is 0. The zero-order valence-corrected chi connectivity index (χ0v) is 13.5. The molecule has 2 amide bonds. The van der Waals surface area contributed by atoms with Gasteiger partial charge in [-0.05, 0) is 24.2 Å². The summed E-state index contributed by atoms with van der Waals surface area (Å²) in [6.07, 6.45) is 6.14. The number of rotatable bonds is 7. The summed E-state index contributed by atoms with van der Waals surface area (Å²) in [4.78, 5) is 22.7. The molecule has 0 aliphatic heterocycles. The SMILES string of the molecule is CC1CCC(CCNC(=O)NCC(C(=O)O)C(C)C)CC1. The first-order valence-corrected chi connectivity index (χ1v) is 8.14. The molecule has 0 bridgehead atoms. The maximum absolute atomic E-state index is 11.7. The number of carboxylic acids is 1. The van der Waals surface area contributed by atoms with Crippen LogP contribution in [0, 0.1) is 23.7 Å². The van der Waals surface area contributed by atoms with Gasteiger partial charge in [0.05, 0.1) is 5.92 Å². The summed E-state index contributed by atoms with van der Waals surface area (Å²) in [6.45, 7) is 6.85. The fourth-order valence-electron chi connectivity index (χ4n) is 2.88. The lowest BCUT2D eigenvalue weighted by Crippen LogP contribution is -2.41. The van der Waals surface area contributed by atoms with Gasteiger partial charge in [0.1, 0.15) is 0 Å². The molecule has 1 atom stereocenters. The van der Waals surface area contributed by atoms with Crippen molar-refractivity contribution in [2.24, 2.45) is 23.7 Å². The van der Waals surface area contributed by atoms with E-state index in [-0.39, 0.29) is 18.5 Å². The van der Waals surface area contributed by atoms with Gasteiger partial charge < -0.3 is 15.7 Å². The first-order valence-electron chi connectivity index (χ1n) is 8.14. The Balaban J connectivity index is 2.15. The molecule has 0 saturated heterocycles. The fraction of sp³-hybridized carbons (Fsp3) is 0.875. The minimum absolute atomic E-state index is 0.00651. The van der Waals surface area contributed by atoms with Crippen LogP contribution in [0.5, 0.6) is 0 Å². The summed E-state index contributed by atoms with van der Waals surface area (Å²) in [7, 11) is 0. The second-order valence-electron chi connectivity index (χ2n) is 6.74. The van der Waals surface area contributed by atoms with Crippen molar-refractivity contribution in [2.75, 3.05) is 13.1 Å². The summed E-state index contributed by atoms with van der Waals surface area (Å²) < 4.78 is 0. The van der Waals surface area contributed by atoms with Gasteiger partial charge in [0.25, 0.3) is 0 Å². The Bertz CT molecular complexity index is 336. The molecule has 5 heteroatoms. The number of aliphatic carboxylic acids is 1. The third-order valence-corrected chi connectivity index (χ3v) is 4.58. The molecular weight excluding hydrogens is 268 g/mol. The molecule has 0 aromatic rings.